The van der Waals surface area contributed by atoms with Gasteiger partial charge in [-0.2, -0.15) is 4.31 Å². The molecule has 1 heterocycles. The first-order valence-electron chi connectivity index (χ1n) is 6.55. The van der Waals surface area contributed by atoms with E-state index in [1.54, 1.807) is 0 Å². The maximum Gasteiger partial charge on any atom is 0.243 e. The maximum atomic E-state index is 13.2. The summed E-state index contributed by atoms with van der Waals surface area (Å²) in [4.78, 5) is -0.232. The molecule has 8 heteroatoms. The van der Waals surface area contributed by atoms with Crippen molar-refractivity contribution >= 4 is 22.4 Å². The van der Waals surface area contributed by atoms with Gasteiger partial charge >= 0.3 is 0 Å². The first kappa shape index (κ1) is 18.3. The van der Waals surface area contributed by atoms with Crippen molar-refractivity contribution in [3.63, 3.8) is 0 Å². The molecule has 120 valence electrons. The van der Waals surface area contributed by atoms with Gasteiger partial charge in [0.25, 0.3) is 0 Å². The molecule has 1 aromatic carbocycles. The van der Waals surface area contributed by atoms with Gasteiger partial charge in [-0.1, -0.05) is 6.92 Å². The first-order chi connectivity index (χ1) is 9.37. The van der Waals surface area contributed by atoms with Crippen molar-refractivity contribution in [1.29, 1.82) is 0 Å². The predicted octanol–water partition coefficient (Wildman–Crippen LogP) is 2.13. The Morgan fingerprint density at radius 1 is 1.33 bits per heavy atom. The highest BCUT2D eigenvalue weighted by molar-refractivity contribution is 7.89. The fourth-order valence-electron chi connectivity index (χ4n) is 2.63. The highest BCUT2D eigenvalue weighted by Crippen LogP contribution is 2.29. The Morgan fingerprint density at radius 3 is 2.57 bits per heavy atom. The second-order valence-electron chi connectivity index (χ2n) is 5.11. The third kappa shape index (κ3) is 3.53. The molecule has 2 atom stereocenters. The van der Waals surface area contributed by atoms with Crippen LogP contribution < -0.4 is 5.73 Å². The molecule has 0 amide bonds. The Balaban J connectivity index is 0.00000220. The topological polar surface area (TPSA) is 63.4 Å². The number of nitrogens with zero attached hydrogens (tertiary/aromatic N) is 1. The van der Waals surface area contributed by atoms with Crippen molar-refractivity contribution in [2.45, 2.75) is 30.7 Å². The molecule has 0 aliphatic carbocycles. The molecule has 1 aliphatic heterocycles. The predicted molar refractivity (Wildman–Crippen MR) is 78.7 cm³/mol. The minimum Gasteiger partial charge on any atom is -0.329 e. The molecule has 0 bridgehead atoms. The number of rotatable bonds is 3. The van der Waals surface area contributed by atoms with E-state index in [0.717, 1.165) is 31.0 Å². The van der Waals surface area contributed by atoms with E-state index in [2.05, 4.69) is 0 Å². The number of hydrogen-bond donors (Lipinski definition) is 1. The molecule has 0 aromatic heterocycles. The van der Waals surface area contributed by atoms with Gasteiger partial charge in [0, 0.05) is 19.1 Å². The van der Waals surface area contributed by atoms with Crippen LogP contribution in [-0.2, 0) is 10.0 Å². The zero-order chi connectivity index (χ0) is 14.9. The van der Waals surface area contributed by atoms with Crippen LogP contribution in [0.5, 0.6) is 0 Å². The molecule has 2 unspecified atom stereocenters. The molecule has 0 radical (unpaired) electrons. The zero-order valence-corrected chi connectivity index (χ0v) is 13.3. The van der Waals surface area contributed by atoms with Gasteiger partial charge in [0.15, 0.2) is 11.6 Å². The molecule has 0 saturated carbocycles. The average molecular weight is 341 g/mol. The first-order valence-corrected chi connectivity index (χ1v) is 7.99. The van der Waals surface area contributed by atoms with Crippen LogP contribution >= 0.6 is 12.4 Å². The number of benzene rings is 1. The Hall–Kier alpha value is -0.760. The molecule has 0 spiro atoms. The minimum atomic E-state index is -3.85. The summed E-state index contributed by atoms with van der Waals surface area (Å²) >= 11 is 0. The van der Waals surface area contributed by atoms with Crippen molar-refractivity contribution in [3.05, 3.63) is 29.8 Å². The fourth-order valence-corrected chi connectivity index (χ4v) is 4.42. The number of sulfonamides is 1. The average Bonchev–Trinajstić information content (AvgIpc) is 2.41. The summed E-state index contributed by atoms with van der Waals surface area (Å²) in [5.74, 6) is -2.08. The molecule has 1 fully saturated rings. The largest absolute Gasteiger partial charge is 0.329 e. The maximum absolute atomic E-state index is 13.2. The lowest BCUT2D eigenvalue weighted by atomic mass is 9.93. The number of nitrogens with two attached hydrogens (primary N) is 1. The van der Waals surface area contributed by atoms with E-state index >= 15 is 0 Å². The lowest BCUT2D eigenvalue weighted by Crippen LogP contribution is -2.51. The van der Waals surface area contributed by atoms with Crippen molar-refractivity contribution in [2.24, 2.45) is 11.7 Å². The number of hydrogen-bond acceptors (Lipinski definition) is 3. The van der Waals surface area contributed by atoms with Gasteiger partial charge in [-0.15, -0.1) is 12.4 Å². The quantitative estimate of drug-likeness (QED) is 0.916. The monoisotopic (exact) mass is 340 g/mol. The minimum absolute atomic E-state index is 0. The van der Waals surface area contributed by atoms with E-state index in [9.17, 15) is 17.2 Å². The molecule has 1 aliphatic rings. The van der Waals surface area contributed by atoms with E-state index in [1.807, 2.05) is 6.92 Å². The summed E-state index contributed by atoms with van der Waals surface area (Å²) in [6.07, 6.45) is 1.65. The summed E-state index contributed by atoms with van der Waals surface area (Å²) in [5.41, 5.74) is 5.67. The molecule has 2 N–H and O–H groups in total. The lowest BCUT2D eigenvalue weighted by molar-refractivity contribution is 0.192. The highest BCUT2D eigenvalue weighted by atomic mass is 35.5. The van der Waals surface area contributed by atoms with Crippen LogP contribution in [0, 0.1) is 17.6 Å². The van der Waals surface area contributed by atoms with Crippen molar-refractivity contribution in [2.75, 3.05) is 13.1 Å². The zero-order valence-electron chi connectivity index (χ0n) is 11.6. The van der Waals surface area contributed by atoms with Crippen LogP contribution in [0.25, 0.3) is 0 Å². The highest BCUT2D eigenvalue weighted by Gasteiger charge is 2.36. The van der Waals surface area contributed by atoms with Crippen LogP contribution in [0.2, 0.25) is 0 Å². The SMILES string of the molecule is CC1CCCN(S(=O)(=O)c2ccc(F)c(F)c2)C1CN.Cl. The summed E-state index contributed by atoms with van der Waals surface area (Å²) in [6, 6.07) is 2.33. The molecule has 21 heavy (non-hydrogen) atoms. The summed E-state index contributed by atoms with van der Waals surface area (Å²) < 4.78 is 52.6. The third-order valence-corrected chi connectivity index (χ3v) is 5.72. The Kier molecular flexibility index (Phi) is 6.10. The van der Waals surface area contributed by atoms with Crippen molar-refractivity contribution in [1.82, 2.24) is 4.31 Å². The van der Waals surface area contributed by atoms with Gasteiger partial charge in [0.05, 0.1) is 4.90 Å². The standard InChI is InChI=1S/C13H18F2N2O2S.ClH/c1-9-3-2-6-17(13(9)8-16)20(18,19)10-4-5-11(14)12(15)7-10;/h4-5,7,9,13H,2-3,6,8,16H2,1H3;1H. The van der Waals surface area contributed by atoms with Gasteiger partial charge in [-0.3, -0.25) is 0 Å². The molecule has 2 rings (SSSR count). The Labute approximate surface area is 129 Å². The van der Waals surface area contributed by atoms with Crippen LogP contribution in [-0.4, -0.2) is 31.9 Å². The smallest absolute Gasteiger partial charge is 0.243 e. The van der Waals surface area contributed by atoms with E-state index in [-0.39, 0.29) is 35.8 Å². The van der Waals surface area contributed by atoms with Gasteiger partial charge in [-0.05, 0) is 37.0 Å². The number of piperidine rings is 1. The van der Waals surface area contributed by atoms with E-state index in [4.69, 9.17) is 5.73 Å². The molecular formula is C13H19ClF2N2O2S. The number of halogens is 3. The van der Waals surface area contributed by atoms with Crippen molar-refractivity contribution < 1.29 is 17.2 Å². The van der Waals surface area contributed by atoms with E-state index in [0.29, 0.717) is 6.54 Å². The molecule has 1 aromatic rings. The van der Waals surface area contributed by atoms with Crippen LogP contribution in [0.1, 0.15) is 19.8 Å². The van der Waals surface area contributed by atoms with Crippen LogP contribution in [0.3, 0.4) is 0 Å². The second-order valence-corrected chi connectivity index (χ2v) is 7.00. The second kappa shape index (κ2) is 7.00. The summed E-state index contributed by atoms with van der Waals surface area (Å²) in [6.45, 7) is 2.52. The Morgan fingerprint density at radius 2 is 2.00 bits per heavy atom. The Bertz CT molecular complexity index is 598. The van der Waals surface area contributed by atoms with Gasteiger partial charge < -0.3 is 5.73 Å². The molecule has 4 nitrogen and oxygen atoms in total. The van der Waals surface area contributed by atoms with Gasteiger partial charge in [-0.25, -0.2) is 17.2 Å². The van der Waals surface area contributed by atoms with Crippen LogP contribution in [0.4, 0.5) is 8.78 Å². The van der Waals surface area contributed by atoms with E-state index < -0.39 is 21.7 Å². The van der Waals surface area contributed by atoms with E-state index in [1.165, 1.54) is 4.31 Å². The van der Waals surface area contributed by atoms with Crippen LogP contribution in [0.15, 0.2) is 23.1 Å². The summed E-state index contributed by atoms with van der Waals surface area (Å²) in [7, 11) is -3.85. The lowest BCUT2D eigenvalue weighted by Gasteiger charge is -2.38. The molecule has 1 saturated heterocycles. The summed E-state index contributed by atoms with van der Waals surface area (Å²) in [5, 5.41) is 0. The van der Waals surface area contributed by atoms with Gasteiger partial charge in [0.1, 0.15) is 0 Å². The van der Waals surface area contributed by atoms with Crippen molar-refractivity contribution in [3.8, 4) is 0 Å². The van der Waals surface area contributed by atoms with Gasteiger partial charge in [0.2, 0.25) is 10.0 Å². The third-order valence-electron chi connectivity index (χ3n) is 3.80. The normalized spacial score (nSPS) is 23.6. The molecular weight excluding hydrogens is 322 g/mol. The fraction of sp³-hybridized carbons (Fsp3) is 0.538.